The molecule has 0 fully saturated rings. The van der Waals surface area contributed by atoms with Crippen LogP contribution in [0.5, 0.6) is 0 Å². The van der Waals surface area contributed by atoms with E-state index in [0.29, 0.717) is 19.3 Å². The normalized spacial score (nSPS) is 13.3. The maximum absolute atomic E-state index is 12.8. The smallest absolute Gasteiger partial charge is 0.306 e. The fourth-order valence-corrected chi connectivity index (χ4v) is 8.05. The summed E-state index contributed by atoms with van der Waals surface area (Å²) in [6, 6.07) is 0. The van der Waals surface area contributed by atoms with E-state index in [1.807, 2.05) is 0 Å². The zero-order valence-corrected chi connectivity index (χ0v) is 50.6. The van der Waals surface area contributed by atoms with Crippen LogP contribution in [0.1, 0.15) is 252 Å². The molecule has 6 nitrogen and oxygen atoms in total. The first kappa shape index (κ1) is 73.8. The van der Waals surface area contributed by atoms with Gasteiger partial charge in [0.1, 0.15) is 13.2 Å². The van der Waals surface area contributed by atoms with Gasteiger partial charge in [0.05, 0.1) is 0 Å². The van der Waals surface area contributed by atoms with Crippen LogP contribution in [0.3, 0.4) is 0 Å². The van der Waals surface area contributed by atoms with Gasteiger partial charge in [0.15, 0.2) is 6.10 Å². The summed E-state index contributed by atoms with van der Waals surface area (Å²) in [5.41, 5.74) is 0. The fraction of sp³-hybridized carbons (Fsp3) is 0.575. The van der Waals surface area contributed by atoms with Crippen molar-refractivity contribution in [3.05, 3.63) is 170 Å². The Morgan fingerprint density at radius 2 is 0.494 bits per heavy atom. The average Bonchev–Trinajstić information content (AvgIpc) is 3.45. The molecule has 0 saturated carbocycles. The summed E-state index contributed by atoms with van der Waals surface area (Å²) in [5, 5.41) is 0. The van der Waals surface area contributed by atoms with Crippen LogP contribution in [0.4, 0.5) is 0 Å². The molecule has 0 amide bonds. The lowest BCUT2D eigenvalue weighted by Gasteiger charge is -2.18. The monoisotopic (exact) mass is 1090 g/mol. The van der Waals surface area contributed by atoms with E-state index in [4.69, 9.17) is 14.2 Å². The Hall–Kier alpha value is -5.23. The Labute approximate surface area is 485 Å². The molecule has 442 valence electrons. The van der Waals surface area contributed by atoms with E-state index in [-0.39, 0.29) is 31.1 Å². The van der Waals surface area contributed by atoms with Crippen molar-refractivity contribution in [2.75, 3.05) is 13.2 Å². The average molecular weight is 1090 g/mol. The number of ether oxygens (including phenoxy) is 3. The summed E-state index contributed by atoms with van der Waals surface area (Å²) in [7, 11) is 0. The Balaban J connectivity index is 4.17. The molecule has 0 aromatic rings. The highest BCUT2D eigenvalue weighted by atomic mass is 16.6. The number of unbranched alkanes of at least 4 members (excludes halogenated alkanes) is 16. The summed E-state index contributed by atoms with van der Waals surface area (Å²) in [4.78, 5) is 37.9. The first-order valence-electron chi connectivity index (χ1n) is 31.6. The molecule has 0 saturated heterocycles. The highest BCUT2D eigenvalue weighted by Gasteiger charge is 2.19. The van der Waals surface area contributed by atoms with E-state index in [2.05, 4.69) is 191 Å². The first-order valence-corrected chi connectivity index (χ1v) is 31.6. The fourth-order valence-electron chi connectivity index (χ4n) is 8.05. The molecule has 0 aliphatic rings. The minimum absolute atomic E-state index is 0.0964. The van der Waals surface area contributed by atoms with Crippen molar-refractivity contribution >= 4 is 17.9 Å². The topological polar surface area (TPSA) is 78.9 Å². The molecule has 1 unspecified atom stereocenters. The van der Waals surface area contributed by atoms with Crippen molar-refractivity contribution in [3.63, 3.8) is 0 Å². The van der Waals surface area contributed by atoms with E-state index in [0.717, 1.165) is 193 Å². The molecule has 79 heavy (non-hydrogen) atoms. The van der Waals surface area contributed by atoms with E-state index < -0.39 is 6.10 Å². The molecule has 0 aromatic carbocycles. The van der Waals surface area contributed by atoms with E-state index >= 15 is 0 Å². The van der Waals surface area contributed by atoms with Crippen molar-refractivity contribution in [2.45, 2.75) is 258 Å². The summed E-state index contributed by atoms with van der Waals surface area (Å²) in [6.07, 6.45) is 96.8. The summed E-state index contributed by atoms with van der Waals surface area (Å²) < 4.78 is 16.7. The maximum Gasteiger partial charge on any atom is 0.306 e. The lowest BCUT2D eigenvalue weighted by Crippen LogP contribution is -2.30. The number of carbonyl (C=O) groups excluding carboxylic acids is 3. The van der Waals surface area contributed by atoms with Crippen LogP contribution in [0.2, 0.25) is 0 Å². The van der Waals surface area contributed by atoms with Crippen LogP contribution in [0, 0.1) is 0 Å². The molecule has 0 bridgehead atoms. The summed E-state index contributed by atoms with van der Waals surface area (Å²) >= 11 is 0. The third-order valence-corrected chi connectivity index (χ3v) is 12.7. The molecule has 0 radical (unpaired) electrons. The Morgan fingerprint density at radius 3 is 0.772 bits per heavy atom. The Bertz CT molecular complexity index is 1820. The molecule has 0 aromatic heterocycles. The lowest BCUT2D eigenvalue weighted by molar-refractivity contribution is -0.167. The molecule has 0 aliphatic heterocycles. The van der Waals surface area contributed by atoms with Gasteiger partial charge in [0.2, 0.25) is 0 Å². The van der Waals surface area contributed by atoms with Crippen LogP contribution in [0.25, 0.3) is 0 Å². The number of esters is 3. The van der Waals surface area contributed by atoms with E-state index in [1.165, 1.54) is 19.3 Å². The molecular formula is C73H114O6. The predicted octanol–water partition coefficient (Wildman–Crippen LogP) is 21.9. The van der Waals surface area contributed by atoms with Gasteiger partial charge in [-0.1, -0.05) is 268 Å². The second-order valence-corrected chi connectivity index (χ2v) is 20.2. The zero-order chi connectivity index (χ0) is 57.1. The second kappa shape index (κ2) is 65.3. The van der Waals surface area contributed by atoms with Gasteiger partial charge in [-0.15, -0.1) is 0 Å². The van der Waals surface area contributed by atoms with Crippen molar-refractivity contribution in [1.29, 1.82) is 0 Å². The predicted molar refractivity (Wildman–Crippen MR) is 343 cm³/mol. The highest BCUT2D eigenvalue weighted by Crippen LogP contribution is 2.14. The van der Waals surface area contributed by atoms with Crippen LogP contribution in [-0.2, 0) is 28.6 Å². The van der Waals surface area contributed by atoms with Gasteiger partial charge in [-0.25, -0.2) is 0 Å². The summed E-state index contributed by atoms with van der Waals surface area (Å²) in [6.45, 7) is 6.29. The van der Waals surface area contributed by atoms with Crippen molar-refractivity contribution in [1.82, 2.24) is 0 Å². The molecule has 6 heteroatoms. The van der Waals surface area contributed by atoms with Gasteiger partial charge in [-0.2, -0.15) is 0 Å². The molecule has 0 spiro atoms. The van der Waals surface area contributed by atoms with Crippen LogP contribution in [0.15, 0.2) is 170 Å². The highest BCUT2D eigenvalue weighted by molar-refractivity contribution is 5.71. The van der Waals surface area contributed by atoms with E-state index in [1.54, 1.807) is 0 Å². The Kier molecular flexibility index (Phi) is 61.0. The zero-order valence-electron chi connectivity index (χ0n) is 50.6. The van der Waals surface area contributed by atoms with Gasteiger partial charge >= 0.3 is 17.9 Å². The Morgan fingerprint density at radius 1 is 0.266 bits per heavy atom. The van der Waals surface area contributed by atoms with Gasteiger partial charge in [0, 0.05) is 19.3 Å². The van der Waals surface area contributed by atoms with Crippen molar-refractivity contribution < 1.29 is 28.6 Å². The first-order chi connectivity index (χ1) is 39.0. The minimum Gasteiger partial charge on any atom is -0.462 e. The number of hydrogen-bond acceptors (Lipinski definition) is 6. The second-order valence-electron chi connectivity index (χ2n) is 20.2. The lowest BCUT2D eigenvalue weighted by atomic mass is 10.1. The SMILES string of the molecule is CC/C=C\C/C=C\C/C=C\C/C=C\C/C=C\C/C=C\C/C=C\C/C=C\C/C=C\CCCCCCCC(=O)OCC(COC(=O)CCCCCCC)OC(=O)CCCCCCCCC/C=C\C/C=C\C/C=C\C/C=C\C/C=C\CC. The molecular weight excluding hydrogens is 973 g/mol. The van der Waals surface area contributed by atoms with E-state index in [9.17, 15) is 14.4 Å². The molecule has 0 N–H and O–H groups in total. The summed E-state index contributed by atoms with van der Waals surface area (Å²) in [5.74, 6) is -0.949. The van der Waals surface area contributed by atoms with Gasteiger partial charge < -0.3 is 14.2 Å². The number of carbonyl (C=O) groups is 3. The number of rotatable bonds is 55. The maximum atomic E-state index is 12.8. The third-order valence-electron chi connectivity index (χ3n) is 12.7. The largest absolute Gasteiger partial charge is 0.462 e. The van der Waals surface area contributed by atoms with Crippen LogP contribution >= 0.6 is 0 Å². The quantitative estimate of drug-likeness (QED) is 0.0261. The van der Waals surface area contributed by atoms with Gasteiger partial charge in [0.25, 0.3) is 0 Å². The molecule has 0 heterocycles. The minimum atomic E-state index is -0.798. The third kappa shape index (κ3) is 63.5. The van der Waals surface area contributed by atoms with Crippen molar-refractivity contribution in [3.8, 4) is 0 Å². The van der Waals surface area contributed by atoms with Crippen LogP contribution in [-0.4, -0.2) is 37.2 Å². The van der Waals surface area contributed by atoms with Gasteiger partial charge in [-0.05, 0) is 135 Å². The number of allylic oxidation sites excluding steroid dienone is 28. The standard InChI is InChI=1S/C73H114O6/c1-4-7-10-13-15-17-19-21-23-25-27-29-31-32-33-34-35-36-37-38-39-40-42-43-45-47-49-51-53-55-57-60-63-66-72(75)78-69-70(68-77-71(74)65-62-59-12-9-6-3)79-73(76)67-64-61-58-56-54-52-50-48-46-44-41-30-28-26-24-22-20-18-16-14-11-8-5-2/h7-8,10-11,15-18,21-24,27-30,32-33,35-36,38-39,42-44,46-47,49,70H,4-6,9,12-14,19-20,25-26,31,34,37,40-41,45,48,50-69H2,1-3H3/b10-7-,11-8-,17-15-,18-16-,23-21-,24-22-,29-27-,30-28-,33-32-,36-35-,39-38-,43-42-,46-44-,49-47-. The van der Waals surface area contributed by atoms with Crippen LogP contribution < -0.4 is 0 Å². The molecule has 1 atom stereocenters. The molecule has 0 rings (SSSR count). The number of hydrogen-bond donors (Lipinski definition) is 0. The van der Waals surface area contributed by atoms with Crippen molar-refractivity contribution in [2.24, 2.45) is 0 Å². The van der Waals surface area contributed by atoms with Gasteiger partial charge in [-0.3, -0.25) is 14.4 Å². The molecule has 0 aliphatic carbocycles.